The second kappa shape index (κ2) is 8.61. The number of benzene rings is 1. The second-order valence-electron chi connectivity index (χ2n) is 9.16. The summed E-state index contributed by atoms with van der Waals surface area (Å²) in [4.78, 5) is 26.0. The van der Waals surface area contributed by atoms with Gasteiger partial charge in [0.25, 0.3) is 0 Å². The summed E-state index contributed by atoms with van der Waals surface area (Å²) >= 11 is 0. The molecule has 0 unspecified atom stereocenters. The van der Waals surface area contributed by atoms with Gasteiger partial charge in [-0.2, -0.15) is 5.10 Å². The van der Waals surface area contributed by atoms with Crippen LogP contribution in [-0.2, 0) is 11.8 Å². The minimum Gasteiger partial charge on any atom is -0.444 e. The monoisotopic (exact) mass is 434 g/mol. The maximum absolute atomic E-state index is 12.4. The normalized spacial score (nSPS) is 14.5. The van der Waals surface area contributed by atoms with Crippen LogP contribution in [0.15, 0.2) is 42.7 Å². The summed E-state index contributed by atoms with van der Waals surface area (Å²) in [5, 5.41) is 4.27. The first-order valence-electron chi connectivity index (χ1n) is 10.9. The van der Waals surface area contributed by atoms with E-state index >= 15 is 0 Å². The fourth-order valence-corrected chi connectivity index (χ4v) is 3.58. The predicted octanol–water partition coefficient (Wildman–Crippen LogP) is 3.91. The van der Waals surface area contributed by atoms with Gasteiger partial charge in [0.15, 0.2) is 5.82 Å². The molecule has 1 amide bonds. The molecule has 0 radical (unpaired) electrons. The fraction of sp³-hybridized carbons (Fsp3) is 0.417. The number of carbonyl (C=O) groups is 1. The maximum atomic E-state index is 12.4. The largest absolute Gasteiger partial charge is 0.444 e. The Labute approximate surface area is 188 Å². The predicted molar refractivity (Wildman–Crippen MR) is 124 cm³/mol. The van der Waals surface area contributed by atoms with Crippen molar-refractivity contribution in [3.05, 3.63) is 48.3 Å². The summed E-state index contributed by atoms with van der Waals surface area (Å²) in [6, 6.07) is 10.3. The van der Waals surface area contributed by atoms with Gasteiger partial charge in [-0.3, -0.25) is 4.68 Å². The van der Waals surface area contributed by atoms with Gasteiger partial charge in [-0.1, -0.05) is 29.8 Å². The highest BCUT2D eigenvalue weighted by Gasteiger charge is 2.27. The van der Waals surface area contributed by atoms with Crippen molar-refractivity contribution >= 4 is 11.9 Å². The molecule has 1 saturated heterocycles. The molecule has 168 valence electrons. The maximum Gasteiger partial charge on any atom is 0.410 e. The van der Waals surface area contributed by atoms with Crippen LogP contribution in [0.5, 0.6) is 0 Å². The van der Waals surface area contributed by atoms with Gasteiger partial charge >= 0.3 is 6.09 Å². The Kier molecular flexibility index (Phi) is 5.86. The molecule has 0 saturated carbocycles. The summed E-state index contributed by atoms with van der Waals surface area (Å²) in [7, 11) is 1.88. The molecule has 3 aromatic rings. The molecule has 1 aliphatic rings. The number of hydrogen-bond donors (Lipinski definition) is 0. The molecule has 4 rings (SSSR count). The highest BCUT2D eigenvalue weighted by molar-refractivity contribution is 5.70. The molecule has 1 aliphatic heterocycles. The molecule has 2 aromatic heterocycles. The number of aromatic nitrogens is 4. The zero-order valence-electron chi connectivity index (χ0n) is 19.4. The van der Waals surface area contributed by atoms with Gasteiger partial charge in [0.2, 0.25) is 0 Å². The van der Waals surface area contributed by atoms with Crippen LogP contribution in [0, 0.1) is 6.92 Å². The molecule has 0 spiro atoms. The lowest BCUT2D eigenvalue weighted by Gasteiger charge is -2.36. The van der Waals surface area contributed by atoms with Gasteiger partial charge in [0, 0.05) is 51.1 Å². The van der Waals surface area contributed by atoms with Crippen molar-refractivity contribution in [3.8, 4) is 22.6 Å². The van der Waals surface area contributed by atoms with Crippen molar-refractivity contribution in [2.75, 3.05) is 31.1 Å². The molecular weight excluding hydrogens is 404 g/mol. The lowest BCUT2D eigenvalue weighted by atomic mass is 10.1. The number of anilines is 1. The second-order valence-corrected chi connectivity index (χ2v) is 9.16. The van der Waals surface area contributed by atoms with E-state index in [1.807, 2.05) is 40.1 Å². The first-order chi connectivity index (χ1) is 15.2. The van der Waals surface area contributed by atoms with Crippen LogP contribution in [0.3, 0.4) is 0 Å². The highest BCUT2D eigenvalue weighted by atomic mass is 16.6. The van der Waals surface area contributed by atoms with Crippen LogP contribution < -0.4 is 4.90 Å². The summed E-state index contributed by atoms with van der Waals surface area (Å²) in [5.74, 6) is 1.49. The SMILES string of the molecule is Cc1ccc(-c2cc(N3CCN(C(=O)OC(C)(C)C)CC3)nc(-c3cnn(C)c3)n2)cc1. The third-order valence-electron chi connectivity index (χ3n) is 5.28. The van der Waals surface area contributed by atoms with E-state index in [4.69, 9.17) is 14.7 Å². The summed E-state index contributed by atoms with van der Waals surface area (Å²) < 4.78 is 7.26. The Hall–Kier alpha value is -3.42. The number of ether oxygens (including phenoxy) is 1. The minimum absolute atomic E-state index is 0.267. The van der Waals surface area contributed by atoms with Crippen LogP contribution >= 0.6 is 0 Å². The number of rotatable bonds is 3. The minimum atomic E-state index is -0.498. The zero-order chi connectivity index (χ0) is 22.9. The average molecular weight is 435 g/mol. The van der Waals surface area contributed by atoms with Gasteiger partial charge < -0.3 is 14.5 Å². The van der Waals surface area contributed by atoms with Crippen molar-refractivity contribution in [2.45, 2.75) is 33.3 Å². The molecule has 8 heteroatoms. The van der Waals surface area contributed by atoms with Gasteiger partial charge in [-0.25, -0.2) is 14.8 Å². The number of piperazine rings is 1. The number of nitrogens with zero attached hydrogens (tertiary/aromatic N) is 6. The molecule has 32 heavy (non-hydrogen) atoms. The van der Waals surface area contributed by atoms with Crippen molar-refractivity contribution in [2.24, 2.45) is 7.05 Å². The van der Waals surface area contributed by atoms with E-state index in [1.165, 1.54) is 5.56 Å². The highest BCUT2D eigenvalue weighted by Crippen LogP contribution is 2.27. The van der Waals surface area contributed by atoms with Gasteiger partial charge in [0.05, 0.1) is 17.5 Å². The van der Waals surface area contributed by atoms with Crippen LogP contribution in [0.25, 0.3) is 22.6 Å². The molecule has 0 bridgehead atoms. The smallest absolute Gasteiger partial charge is 0.410 e. The molecule has 1 fully saturated rings. The molecular formula is C24H30N6O2. The number of amides is 1. The lowest BCUT2D eigenvalue weighted by Crippen LogP contribution is -2.50. The first-order valence-corrected chi connectivity index (χ1v) is 10.9. The molecule has 0 atom stereocenters. The molecule has 0 N–H and O–H groups in total. The third kappa shape index (κ3) is 5.07. The van der Waals surface area contributed by atoms with Crippen LogP contribution in [0.4, 0.5) is 10.6 Å². The van der Waals surface area contributed by atoms with E-state index in [2.05, 4.69) is 41.2 Å². The quantitative estimate of drug-likeness (QED) is 0.622. The Bertz CT molecular complexity index is 1090. The lowest BCUT2D eigenvalue weighted by molar-refractivity contribution is 0.0240. The van der Waals surface area contributed by atoms with E-state index in [0.29, 0.717) is 32.0 Å². The van der Waals surface area contributed by atoms with E-state index in [1.54, 1.807) is 15.8 Å². The van der Waals surface area contributed by atoms with E-state index in [0.717, 1.165) is 22.6 Å². The zero-order valence-corrected chi connectivity index (χ0v) is 19.4. The van der Waals surface area contributed by atoms with E-state index < -0.39 is 5.60 Å². The number of carbonyl (C=O) groups excluding carboxylic acids is 1. The van der Waals surface area contributed by atoms with Crippen LogP contribution in [0.1, 0.15) is 26.3 Å². The molecule has 3 heterocycles. The van der Waals surface area contributed by atoms with Crippen molar-refractivity contribution in [3.63, 3.8) is 0 Å². The summed E-state index contributed by atoms with van der Waals surface area (Å²) in [6.45, 7) is 10.2. The average Bonchev–Trinajstić information content (AvgIpc) is 3.19. The van der Waals surface area contributed by atoms with Crippen LogP contribution in [0.2, 0.25) is 0 Å². The van der Waals surface area contributed by atoms with Gasteiger partial charge in [-0.15, -0.1) is 0 Å². The third-order valence-corrected chi connectivity index (χ3v) is 5.28. The summed E-state index contributed by atoms with van der Waals surface area (Å²) in [6.07, 6.45) is 3.42. The topological polar surface area (TPSA) is 76.4 Å². The van der Waals surface area contributed by atoms with Gasteiger partial charge in [0.1, 0.15) is 11.4 Å². The summed E-state index contributed by atoms with van der Waals surface area (Å²) in [5.41, 5.74) is 3.48. The van der Waals surface area contributed by atoms with E-state index in [9.17, 15) is 4.79 Å². The van der Waals surface area contributed by atoms with Crippen molar-refractivity contribution in [1.82, 2.24) is 24.6 Å². The number of hydrogen-bond acceptors (Lipinski definition) is 6. The number of aryl methyl sites for hydroxylation is 2. The Balaban J connectivity index is 1.60. The Morgan fingerprint density at radius 2 is 1.69 bits per heavy atom. The fourth-order valence-electron chi connectivity index (χ4n) is 3.58. The van der Waals surface area contributed by atoms with Crippen molar-refractivity contribution < 1.29 is 9.53 Å². The molecule has 8 nitrogen and oxygen atoms in total. The van der Waals surface area contributed by atoms with Crippen LogP contribution in [-0.4, -0.2) is 62.5 Å². The molecule has 1 aromatic carbocycles. The van der Waals surface area contributed by atoms with E-state index in [-0.39, 0.29) is 6.09 Å². The van der Waals surface area contributed by atoms with Gasteiger partial charge in [-0.05, 0) is 27.7 Å². The van der Waals surface area contributed by atoms with Crippen molar-refractivity contribution in [1.29, 1.82) is 0 Å². The Morgan fingerprint density at radius 3 is 2.28 bits per heavy atom. The first kappa shape index (κ1) is 21.8. The Morgan fingerprint density at radius 1 is 1.00 bits per heavy atom. The standard InChI is InChI=1S/C24H30N6O2/c1-17-6-8-18(9-7-17)20-14-21(27-22(26-20)19-15-25-28(5)16-19)29-10-12-30(13-11-29)23(31)32-24(2,3)4/h6-9,14-16H,10-13H2,1-5H3. The molecule has 0 aliphatic carbocycles.